The second-order valence-electron chi connectivity index (χ2n) is 6.70. The number of piperidine rings is 1. The number of hydrogen-bond acceptors (Lipinski definition) is 5. The van der Waals surface area contributed by atoms with Crippen molar-refractivity contribution in [2.75, 3.05) is 19.6 Å². The maximum Gasteiger partial charge on any atom is 0.287 e. The van der Waals surface area contributed by atoms with Crippen LogP contribution < -0.4 is 5.32 Å². The SMILES string of the molecule is CCc1nccc(CN2CCC[C@H](CNC(=O)c3occc3C)C2)n1. The molecule has 3 heterocycles. The molecule has 1 N–H and O–H groups in total. The standard InChI is InChI=1S/C19H26N4O2/c1-3-17-20-8-6-16(22-17)13-23-9-4-5-15(12-23)11-21-19(24)18-14(2)7-10-25-18/h6-8,10,15H,3-5,9,11-13H2,1-2H3,(H,21,24)/t15-/m1/s1. The normalized spacial score (nSPS) is 18.2. The van der Waals surface area contributed by atoms with E-state index in [4.69, 9.17) is 4.42 Å². The number of hydrogen-bond donors (Lipinski definition) is 1. The van der Waals surface area contributed by atoms with E-state index in [2.05, 4.69) is 27.1 Å². The van der Waals surface area contributed by atoms with Crippen molar-refractivity contribution in [1.82, 2.24) is 20.2 Å². The van der Waals surface area contributed by atoms with Crippen LogP contribution in [0.2, 0.25) is 0 Å². The summed E-state index contributed by atoms with van der Waals surface area (Å²) >= 11 is 0. The zero-order chi connectivity index (χ0) is 17.6. The zero-order valence-electron chi connectivity index (χ0n) is 15.0. The lowest BCUT2D eigenvalue weighted by Crippen LogP contribution is -2.40. The number of carbonyl (C=O) groups excluding carboxylic acids is 1. The van der Waals surface area contributed by atoms with E-state index in [0.29, 0.717) is 18.2 Å². The van der Waals surface area contributed by atoms with Gasteiger partial charge >= 0.3 is 0 Å². The Labute approximate surface area is 148 Å². The summed E-state index contributed by atoms with van der Waals surface area (Å²) < 4.78 is 5.25. The van der Waals surface area contributed by atoms with Crippen LogP contribution in [0.25, 0.3) is 0 Å². The van der Waals surface area contributed by atoms with Crippen molar-refractivity contribution in [2.24, 2.45) is 5.92 Å². The van der Waals surface area contributed by atoms with Gasteiger partial charge in [0.1, 0.15) is 5.82 Å². The van der Waals surface area contributed by atoms with E-state index in [-0.39, 0.29) is 5.91 Å². The largest absolute Gasteiger partial charge is 0.459 e. The summed E-state index contributed by atoms with van der Waals surface area (Å²) in [6.07, 6.45) is 6.53. The van der Waals surface area contributed by atoms with E-state index in [0.717, 1.165) is 56.0 Å². The Morgan fingerprint density at radius 1 is 1.44 bits per heavy atom. The molecule has 1 aliphatic rings. The van der Waals surface area contributed by atoms with Gasteiger partial charge in [0.15, 0.2) is 5.76 Å². The first-order valence-corrected chi connectivity index (χ1v) is 9.01. The number of nitrogens with zero attached hydrogens (tertiary/aromatic N) is 3. The van der Waals surface area contributed by atoms with Gasteiger partial charge in [0.25, 0.3) is 5.91 Å². The minimum Gasteiger partial charge on any atom is -0.459 e. The summed E-state index contributed by atoms with van der Waals surface area (Å²) in [5.74, 6) is 1.65. The molecule has 1 saturated heterocycles. The highest BCUT2D eigenvalue weighted by molar-refractivity contribution is 5.92. The maximum atomic E-state index is 12.2. The fraction of sp³-hybridized carbons (Fsp3) is 0.526. The van der Waals surface area contributed by atoms with Crippen LogP contribution in [-0.2, 0) is 13.0 Å². The summed E-state index contributed by atoms with van der Waals surface area (Å²) in [4.78, 5) is 23.4. The molecule has 2 aromatic heterocycles. The van der Waals surface area contributed by atoms with Gasteiger partial charge in [-0.25, -0.2) is 9.97 Å². The molecule has 0 spiro atoms. The maximum absolute atomic E-state index is 12.2. The van der Waals surface area contributed by atoms with Gasteiger partial charge < -0.3 is 9.73 Å². The van der Waals surface area contributed by atoms with Gasteiger partial charge in [0.05, 0.1) is 12.0 Å². The van der Waals surface area contributed by atoms with Crippen molar-refractivity contribution in [3.8, 4) is 0 Å². The predicted octanol–water partition coefficient (Wildman–Crippen LogP) is 2.58. The molecule has 0 saturated carbocycles. The van der Waals surface area contributed by atoms with Crippen LogP contribution in [0.1, 0.15) is 47.4 Å². The zero-order valence-corrected chi connectivity index (χ0v) is 15.0. The van der Waals surface area contributed by atoms with E-state index in [1.807, 2.05) is 25.3 Å². The van der Waals surface area contributed by atoms with Crippen molar-refractivity contribution < 1.29 is 9.21 Å². The van der Waals surface area contributed by atoms with Gasteiger partial charge in [0, 0.05) is 37.8 Å². The van der Waals surface area contributed by atoms with Crippen LogP contribution in [0.5, 0.6) is 0 Å². The summed E-state index contributed by atoms with van der Waals surface area (Å²) in [5, 5.41) is 3.01. The molecule has 3 rings (SSSR count). The Morgan fingerprint density at radius 2 is 2.32 bits per heavy atom. The fourth-order valence-corrected chi connectivity index (χ4v) is 3.31. The van der Waals surface area contributed by atoms with Crippen LogP contribution in [0.3, 0.4) is 0 Å². The van der Waals surface area contributed by atoms with Gasteiger partial charge in [-0.2, -0.15) is 0 Å². The minimum absolute atomic E-state index is 0.122. The number of carbonyl (C=O) groups is 1. The molecule has 2 aromatic rings. The highest BCUT2D eigenvalue weighted by atomic mass is 16.3. The third kappa shape index (κ3) is 4.66. The molecule has 1 fully saturated rings. The summed E-state index contributed by atoms with van der Waals surface area (Å²) in [7, 11) is 0. The van der Waals surface area contributed by atoms with E-state index >= 15 is 0 Å². The Bertz CT molecular complexity index is 713. The lowest BCUT2D eigenvalue weighted by molar-refractivity contribution is 0.0902. The Balaban J connectivity index is 1.51. The quantitative estimate of drug-likeness (QED) is 0.874. The molecule has 0 bridgehead atoms. The van der Waals surface area contributed by atoms with Gasteiger partial charge in [0.2, 0.25) is 0 Å². The van der Waals surface area contributed by atoms with E-state index in [1.54, 1.807) is 6.26 Å². The lowest BCUT2D eigenvalue weighted by atomic mass is 9.97. The molecule has 1 aliphatic heterocycles. The van der Waals surface area contributed by atoms with Crippen molar-refractivity contribution in [3.05, 3.63) is 47.4 Å². The molecule has 6 heteroatoms. The van der Waals surface area contributed by atoms with E-state index in [1.165, 1.54) is 0 Å². The van der Waals surface area contributed by atoms with Crippen molar-refractivity contribution in [2.45, 2.75) is 39.7 Å². The van der Waals surface area contributed by atoms with Gasteiger partial charge in [-0.3, -0.25) is 9.69 Å². The number of rotatable bonds is 6. The number of furan rings is 1. The highest BCUT2D eigenvalue weighted by Crippen LogP contribution is 2.18. The van der Waals surface area contributed by atoms with Crippen molar-refractivity contribution in [3.63, 3.8) is 0 Å². The van der Waals surface area contributed by atoms with Crippen LogP contribution in [0, 0.1) is 12.8 Å². The van der Waals surface area contributed by atoms with Crippen molar-refractivity contribution in [1.29, 1.82) is 0 Å². The number of aromatic nitrogens is 2. The number of amides is 1. The topological polar surface area (TPSA) is 71.3 Å². The Morgan fingerprint density at radius 3 is 3.08 bits per heavy atom. The monoisotopic (exact) mass is 342 g/mol. The third-order valence-electron chi connectivity index (χ3n) is 4.69. The van der Waals surface area contributed by atoms with E-state index in [9.17, 15) is 4.79 Å². The molecule has 0 aliphatic carbocycles. The number of likely N-dealkylation sites (tertiary alicyclic amines) is 1. The van der Waals surface area contributed by atoms with Crippen LogP contribution in [-0.4, -0.2) is 40.4 Å². The molecular formula is C19H26N4O2. The van der Waals surface area contributed by atoms with Gasteiger partial charge in [-0.15, -0.1) is 0 Å². The minimum atomic E-state index is -0.122. The smallest absolute Gasteiger partial charge is 0.287 e. The summed E-state index contributed by atoms with van der Waals surface area (Å²) in [6.45, 7) is 7.53. The summed E-state index contributed by atoms with van der Waals surface area (Å²) in [5.41, 5.74) is 1.95. The van der Waals surface area contributed by atoms with Crippen molar-refractivity contribution >= 4 is 5.91 Å². The molecule has 0 radical (unpaired) electrons. The number of nitrogens with one attached hydrogen (secondary N) is 1. The predicted molar refractivity (Wildman–Crippen MR) is 95.2 cm³/mol. The lowest BCUT2D eigenvalue weighted by Gasteiger charge is -2.32. The fourth-order valence-electron chi connectivity index (χ4n) is 3.31. The second-order valence-corrected chi connectivity index (χ2v) is 6.70. The molecule has 1 amide bonds. The Kier molecular flexibility index (Phi) is 5.81. The molecule has 0 aromatic carbocycles. The number of aryl methyl sites for hydroxylation is 2. The van der Waals surface area contributed by atoms with Gasteiger partial charge in [-0.05, 0) is 44.4 Å². The second kappa shape index (κ2) is 8.25. The first-order valence-electron chi connectivity index (χ1n) is 9.01. The molecule has 25 heavy (non-hydrogen) atoms. The molecule has 1 atom stereocenters. The first kappa shape index (κ1) is 17.6. The third-order valence-corrected chi connectivity index (χ3v) is 4.69. The highest BCUT2D eigenvalue weighted by Gasteiger charge is 2.22. The molecule has 134 valence electrons. The van der Waals surface area contributed by atoms with Crippen LogP contribution >= 0.6 is 0 Å². The average Bonchev–Trinajstić information content (AvgIpc) is 3.06. The first-order chi connectivity index (χ1) is 12.2. The van der Waals surface area contributed by atoms with Crippen LogP contribution in [0.4, 0.5) is 0 Å². The van der Waals surface area contributed by atoms with Gasteiger partial charge in [-0.1, -0.05) is 6.92 Å². The van der Waals surface area contributed by atoms with Crippen LogP contribution in [0.15, 0.2) is 29.0 Å². The molecular weight excluding hydrogens is 316 g/mol. The molecule has 0 unspecified atom stereocenters. The van der Waals surface area contributed by atoms with E-state index < -0.39 is 0 Å². The average molecular weight is 342 g/mol. The summed E-state index contributed by atoms with van der Waals surface area (Å²) in [6, 6.07) is 3.80. The molecule has 6 nitrogen and oxygen atoms in total. The Hall–Kier alpha value is -2.21.